The van der Waals surface area contributed by atoms with Crippen LogP contribution in [-0.2, 0) is 4.74 Å². The van der Waals surface area contributed by atoms with E-state index in [4.69, 9.17) is 4.74 Å². The van der Waals surface area contributed by atoms with Crippen molar-refractivity contribution >= 4 is 10.9 Å². The molecular formula is C14H16N2O. The first-order valence-electron chi connectivity index (χ1n) is 6.03. The Balaban J connectivity index is 2.06. The summed E-state index contributed by atoms with van der Waals surface area (Å²) in [5.41, 5.74) is 3.32. The Morgan fingerprint density at radius 3 is 3.06 bits per heavy atom. The number of pyridine rings is 1. The third-order valence-electron chi connectivity index (χ3n) is 3.23. The van der Waals surface area contributed by atoms with E-state index in [1.54, 1.807) is 0 Å². The fourth-order valence-corrected chi connectivity index (χ4v) is 2.32. The van der Waals surface area contributed by atoms with Crippen LogP contribution in [0.2, 0.25) is 0 Å². The second-order valence-corrected chi connectivity index (χ2v) is 4.42. The minimum absolute atomic E-state index is 0.140. The lowest BCUT2D eigenvalue weighted by Gasteiger charge is -2.25. The molecule has 1 atom stereocenters. The molecule has 3 heteroatoms. The summed E-state index contributed by atoms with van der Waals surface area (Å²) >= 11 is 0. The number of benzene rings is 1. The number of nitrogens with one attached hydrogen (secondary N) is 1. The van der Waals surface area contributed by atoms with Crippen LogP contribution in [0.15, 0.2) is 30.3 Å². The molecule has 1 aliphatic heterocycles. The van der Waals surface area contributed by atoms with Gasteiger partial charge in [-0.15, -0.1) is 0 Å². The minimum Gasteiger partial charge on any atom is -0.371 e. The first kappa shape index (κ1) is 10.7. The molecule has 3 nitrogen and oxygen atoms in total. The molecule has 1 unspecified atom stereocenters. The van der Waals surface area contributed by atoms with Crippen LogP contribution in [0, 0.1) is 6.92 Å². The molecule has 1 saturated heterocycles. The first-order chi connectivity index (χ1) is 8.34. The third kappa shape index (κ3) is 2.04. The van der Waals surface area contributed by atoms with Crippen LogP contribution in [0.3, 0.4) is 0 Å². The maximum atomic E-state index is 5.79. The van der Waals surface area contributed by atoms with Gasteiger partial charge >= 0.3 is 0 Å². The lowest BCUT2D eigenvalue weighted by Crippen LogP contribution is -2.33. The van der Waals surface area contributed by atoms with E-state index in [1.807, 2.05) is 18.2 Å². The smallest absolute Gasteiger partial charge is 0.0967 e. The molecule has 3 rings (SSSR count). The molecule has 0 spiro atoms. The van der Waals surface area contributed by atoms with Gasteiger partial charge in [0.05, 0.1) is 18.2 Å². The molecule has 1 fully saturated rings. The van der Waals surface area contributed by atoms with E-state index in [-0.39, 0.29) is 6.10 Å². The Kier molecular flexibility index (Phi) is 2.79. The quantitative estimate of drug-likeness (QED) is 0.812. The summed E-state index contributed by atoms with van der Waals surface area (Å²) in [6.07, 6.45) is 0.140. The highest BCUT2D eigenvalue weighted by Crippen LogP contribution is 2.24. The van der Waals surface area contributed by atoms with Crippen LogP contribution in [0.1, 0.15) is 17.4 Å². The van der Waals surface area contributed by atoms with Crippen molar-refractivity contribution in [3.05, 3.63) is 41.6 Å². The van der Waals surface area contributed by atoms with Crippen molar-refractivity contribution in [2.75, 3.05) is 19.7 Å². The molecule has 2 heterocycles. The van der Waals surface area contributed by atoms with Crippen molar-refractivity contribution in [3.63, 3.8) is 0 Å². The Hall–Kier alpha value is -1.45. The predicted octanol–water partition coefficient (Wildman–Crippen LogP) is 2.20. The molecule has 0 radical (unpaired) electrons. The van der Waals surface area contributed by atoms with Gasteiger partial charge in [-0.1, -0.05) is 18.2 Å². The van der Waals surface area contributed by atoms with Gasteiger partial charge in [-0.05, 0) is 19.1 Å². The molecule has 1 aromatic heterocycles. The molecule has 0 amide bonds. The average molecular weight is 228 g/mol. The van der Waals surface area contributed by atoms with Gasteiger partial charge in [-0.2, -0.15) is 0 Å². The van der Waals surface area contributed by atoms with E-state index >= 15 is 0 Å². The predicted molar refractivity (Wildman–Crippen MR) is 68.0 cm³/mol. The minimum atomic E-state index is 0.140. The van der Waals surface area contributed by atoms with Crippen molar-refractivity contribution in [2.24, 2.45) is 0 Å². The monoisotopic (exact) mass is 228 g/mol. The van der Waals surface area contributed by atoms with Crippen molar-refractivity contribution in [1.29, 1.82) is 0 Å². The highest BCUT2D eigenvalue weighted by atomic mass is 16.5. The number of hydrogen-bond acceptors (Lipinski definition) is 3. The van der Waals surface area contributed by atoms with E-state index < -0.39 is 0 Å². The second-order valence-electron chi connectivity index (χ2n) is 4.42. The SMILES string of the molecule is Cc1nc2ccccc2cc1C1CNCCO1. The fraction of sp³-hybridized carbons (Fsp3) is 0.357. The summed E-state index contributed by atoms with van der Waals surface area (Å²) in [5.74, 6) is 0. The Bertz CT molecular complexity index is 533. The zero-order chi connectivity index (χ0) is 11.7. The number of hydrogen-bond donors (Lipinski definition) is 1. The van der Waals surface area contributed by atoms with Crippen molar-refractivity contribution in [2.45, 2.75) is 13.0 Å². The van der Waals surface area contributed by atoms with Gasteiger partial charge in [-0.25, -0.2) is 0 Å². The summed E-state index contributed by atoms with van der Waals surface area (Å²) in [6.45, 7) is 4.65. The largest absolute Gasteiger partial charge is 0.371 e. The van der Waals surface area contributed by atoms with Crippen molar-refractivity contribution in [1.82, 2.24) is 10.3 Å². The molecule has 0 saturated carbocycles. The average Bonchev–Trinajstić information content (AvgIpc) is 2.39. The van der Waals surface area contributed by atoms with Crippen LogP contribution < -0.4 is 5.32 Å². The van der Waals surface area contributed by atoms with Crippen molar-refractivity contribution in [3.8, 4) is 0 Å². The third-order valence-corrected chi connectivity index (χ3v) is 3.23. The van der Waals surface area contributed by atoms with Gasteiger partial charge in [0.15, 0.2) is 0 Å². The molecule has 1 N–H and O–H groups in total. The van der Waals surface area contributed by atoms with Gasteiger partial charge in [0.25, 0.3) is 0 Å². The zero-order valence-electron chi connectivity index (χ0n) is 9.94. The van der Waals surface area contributed by atoms with Crippen LogP contribution in [0.5, 0.6) is 0 Å². The van der Waals surface area contributed by atoms with Crippen LogP contribution >= 0.6 is 0 Å². The number of morpholine rings is 1. The van der Waals surface area contributed by atoms with E-state index in [9.17, 15) is 0 Å². The molecule has 88 valence electrons. The lowest BCUT2D eigenvalue weighted by atomic mass is 10.0. The number of fused-ring (bicyclic) bond motifs is 1. The number of rotatable bonds is 1. The fourth-order valence-electron chi connectivity index (χ4n) is 2.32. The van der Waals surface area contributed by atoms with Crippen LogP contribution in [-0.4, -0.2) is 24.7 Å². The van der Waals surface area contributed by atoms with E-state index in [0.29, 0.717) is 0 Å². The Morgan fingerprint density at radius 1 is 1.35 bits per heavy atom. The van der Waals surface area contributed by atoms with Crippen molar-refractivity contribution < 1.29 is 4.74 Å². The van der Waals surface area contributed by atoms with Gasteiger partial charge in [0.1, 0.15) is 0 Å². The summed E-state index contributed by atoms with van der Waals surface area (Å²) in [4.78, 5) is 4.64. The summed E-state index contributed by atoms with van der Waals surface area (Å²) < 4.78 is 5.79. The second kappa shape index (κ2) is 4.43. The molecule has 0 bridgehead atoms. The van der Waals surface area contributed by atoms with E-state index in [2.05, 4.69) is 29.4 Å². The Morgan fingerprint density at radius 2 is 2.24 bits per heavy atom. The van der Waals surface area contributed by atoms with Gasteiger partial charge in [0.2, 0.25) is 0 Å². The molecule has 2 aromatic rings. The van der Waals surface area contributed by atoms with E-state index in [1.165, 1.54) is 10.9 Å². The van der Waals surface area contributed by atoms with Gasteiger partial charge < -0.3 is 10.1 Å². The highest BCUT2D eigenvalue weighted by Gasteiger charge is 2.18. The van der Waals surface area contributed by atoms with Crippen LogP contribution in [0.4, 0.5) is 0 Å². The number of ether oxygens (including phenoxy) is 1. The summed E-state index contributed by atoms with van der Waals surface area (Å²) in [6, 6.07) is 10.4. The lowest BCUT2D eigenvalue weighted by molar-refractivity contribution is 0.0272. The summed E-state index contributed by atoms with van der Waals surface area (Å²) in [7, 11) is 0. The molecule has 17 heavy (non-hydrogen) atoms. The number of para-hydroxylation sites is 1. The number of aryl methyl sites for hydroxylation is 1. The highest BCUT2D eigenvalue weighted by molar-refractivity contribution is 5.79. The topological polar surface area (TPSA) is 34.2 Å². The van der Waals surface area contributed by atoms with Gasteiger partial charge in [0, 0.05) is 29.7 Å². The number of aromatic nitrogens is 1. The van der Waals surface area contributed by atoms with Crippen LogP contribution in [0.25, 0.3) is 10.9 Å². The Labute approximate surface area is 101 Å². The molecule has 0 aliphatic carbocycles. The first-order valence-corrected chi connectivity index (χ1v) is 6.03. The summed E-state index contributed by atoms with van der Waals surface area (Å²) in [5, 5.41) is 4.54. The molecule has 1 aliphatic rings. The normalized spacial score (nSPS) is 20.6. The zero-order valence-corrected chi connectivity index (χ0v) is 9.94. The van der Waals surface area contributed by atoms with Gasteiger partial charge in [-0.3, -0.25) is 4.98 Å². The molecule has 1 aromatic carbocycles. The maximum absolute atomic E-state index is 5.79. The molecular weight excluding hydrogens is 212 g/mol. The maximum Gasteiger partial charge on any atom is 0.0967 e. The number of nitrogens with zero attached hydrogens (tertiary/aromatic N) is 1. The standard InChI is InChI=1S/C14H16N2O/c1-10-12(14-9-15-6-7-17-14)8-11-4-2-3-5-13(11)16-10/h2-5,8,14-15H,6-7,9H2,1H3. The van der Waals surface area contributed by atoms with E-state index in [0.717, 1.165) is 30.9 Å².